The molecule has 0 amide bonds. The first-order chi connectivity index (χ1) is 18.8. The molecule has 0 saturated heterocycles. The van der Waals surface area contributed by atoms with E-state index in [1.165, 1.54) is 70.6 Å². The number of unbranched alkanes of at least 4 members (excludes halogenated alkanes) is 11. The van der Waals surface area contributed by atoms with E-state index in [2.05, 4.69) is 19.1 Å². The maximum Gasteiger partial charge on any atom is 0.463 e. The zero-order chi connectivity index (χ0) is 26.9. The number of hydrogen-bond acceptors (Lipinski definition) is 5. The van der Waals surface area contributed by atoms with Crippen molar-refractivity contribution in [3.8, 4) is 11.5 Å². The van der Waals surface area contributed by atoms with Crippen LogP contribution in [0.5, 0.6) is 11.5 Å². The average Bonchev–Trinajstić information content (AvgIpc) is 2.94. The summed E-state index contributed by atoms with van der Waals surface area (Å²) in [5.41, 5.74) is 0. The van der Waals surface area contributed by atoms with Crippen LogP contribution in [0, 0.1) is 0 Å². The lowest BCUT2D eigenvalue weighted by molar-refractivity contribution is -0.144. The van der Waals surface area contributed by atoms with Crippen molar-refractivity contribution in [2.75, 3.05) is 13.2 Å². The highest BCUT2D eigenvalue weighted by atomic mass is 31.2. The van der Waals surface area contributed by atoms with Gasteiger partial charge in [0.15, 0.2) is 0 Å². The molecule has 0 atom stereocenters. The van der Waals surface area contributed by atoms with Crippen molar-refractivity contribution in [3.63, 3.8) is 0 Å². The smallest absolute Gasteiger partial charge is 0.463 e. The molecule has 38 heavy (non-hydrogen) atoms. The van der Waals surface area contributed by atoms with Gasteiger partial charge >= 0.3 is 14.6 Å². The van der Waals surface area contributed by atoms with Crippen molar-refractivity contribution in [1.29, 1.82) is 0 Å². The Morgan fingerprint density at radius 3 is 1.71 bits per heavy atom. The van der Waals surface area contributed by atoms with Crippen molar-refractivity contribution in [1.82, 2.24) is 0 Å². The first-order valence-corrected chi connectivity index (χ1v) is 15.6. The van der Waals surface area contributed by atoms with Gasteiger partial charge in [-0.15, -0.1) is 0 Å². The second kappa shape index (κ2) is 22.6. The second-order valence-electron chi connectivity index (χ2n) is 9.42. The van der Waals surface area contributed by atoms with Gasteiger partial charge in [0.2, 0.25) is 0 Å². The van der Waals surface area contributed by atoms with E-state index in [0.717, 1.165) is 12.8 Å². The van der Waals surface area contributed by atoms with Crippen LogP contribution in [0.15, 0.2) is 72.8 Å². The highest BCUT2D eigenvalue weighted by molar-refractivity contribution is 7.42. The van der Waals surface area contributed by atoms with Crippen LogP contribution in [-0.4, -0.2) is 19.2 Å². The number of carbonyl (C=O) groups is 1. The van der Waals surface area contributed by atoms with Gasteiger partial charge in [0, 0.05) is 6.42 Å². The summed E-state index contributed by atoms with van der Waals surface area (Å²) in [6.07, 6.45) is 21.3. The molecule has 0 N–H and O–H groups in total. The fourth-order valence-corrected chi connectivity index (χ4v) is 4.84. The molecule has 2 aromatic rings. The van der Waals surface area contributed by atoms with E-state index in [4.69, 9.17) is 18.3 Å². The largest absolute Gasteiger partial charge is 0.463 e. The zero-order valence-corrected chi connectivity index (χ0v) is 24.1. The van der Waals surface area contributed by atoms with Crippen LogP contribution in [0.3, 0.4) is 0 Å². The van der Waals surface area contributed by atoms with Crippen LogP contribution in [0.2, 0.25) is 0 Å². The Morgan fingerprint density at radius 2 is 1.16 bits per heavy atom. The van der Waals surface area contributed by atoms with E-state index in [1.54, 1.807) is 0 Å². The SMILES string of the molecule is CCCCCCCCC=CCCCCCCCC(=O)OCCOP(Oc1ccccc1)Oc1ccccc1. The molecule has 6 heteroatoms. The Morgan fingerprint density at radius 1 is 0.658 bits per heavy atom. The molecule has 0 spiro atoms. The number of para-hydroxylation sites is 2. The molecule has 0 heterocycles. The van der Waals surface area contributed by atoms with Crippen LogP contribution in [0.25, 0.3) is 0 Å². The van der Waals surface area contributed by atoms with Gasteiger partial charge in [0.05, 0.1) is 6.61 Å². The molecule has 0 bridgehead atoms. The molecule has 210 valence electrons. The molecule has 0 aromatic heterocycles. The third-order valence-corrected chi connectivity index (χ3v) is 7.15. The molecule has 0 saturated carbocycles. The minimum Gasteiger partial charge on any atom is -0.463 e. The molecule has 5 nitrogen and oxygen atoms in total. The molecule has 2 aromatic carbocycles. The van der Waals surface area contributed by atoms with Gasteiger partial charge in [-0.1, -0.05) is 107 Å². The topological polar surface area (TPSA) is 54.0 Å². The number of carbonyl (C=O) groups excluding carboxylic acids is 1. The summed E-state index contributed by atoms with van der Waals surface area (Å²) in [6.45, 7) is 2.65. The summed E-state index contributed by atoms with van der Waals surface area (Å²) in [5, 5.41) is 0. The number of esters is 1. The molecule has 0 aliphatic rings. The fourth-order valence-electron chi connectivity index (χ4n) is 3.89. The fraction of sp³-hybridized carbons (Fsp3) is 0.531. The quantitative estimate of drug-likeness (QED) is 0.0605. The van der Waals surface area contributed by atoms with Gasteiger partial charge in [0.25, 0.3) is 0 Å². The monoisotopic (exact) mass is 542 g/mol. The van der Waals surface area contributed by atoms with E-state index in [9.17, 15) is 4.79 Å². The summed E-state index contributed by atoms with van der Waals surface area (Å²) in [7, 11) is -1.67. The molecular weight excluding hydrogens is 495 g/mol. The summed E-state index contributed by atoms with van der Waals surface area (Å²) in [5.74, 6) is 1.15. The van der Waals surface area contributed by atoms with Crippen molar-refractivity contribution in [3.05, 3.63) is 72.8 Å². The Balaban J connectivity index is 1.46. The second-order valence-corrected chi connectivity index (χ2v) is 10.5. The van der Waals surface area contributed by atoms with Gasteiger partial charge < -0.3 is 13.8 Å². The molecule has 0 aliphatic heterocycles. The number of rotatable bonds is 23. The van der Waals surface area contributed by atoms with Gasteiger partial charge in [-0.05, 0) is 56.4 Å². The van der Waals surface area contributed by atoms with Crippen LogP contribution in [0.1, 0.15) is 96.8 Å². The van der Waals surface area contributed by atoms with Crippen LogP contribution >= 0.6 is 8.60 Å². The lowest BCUT2D eigenvalue weighted by atomic mass is 10.1. The highest BCUT2D eigenvalue weighted by Crippen LogP contribution is 2.41. The lowest BCUT2D eigenvalue weighted by Gasteiger charge is -2.17. The predicted octanol–water partition coefficient (Wildman–Crippen LogP) is 9.97. The number of allylic oxidation sites excluding steroid dienone is 2. The molecule has 0 aliphatic carbocycles. The maximum absolute atomic E-state index is 12.1. The molecule has 0 unspecified atom stereocenters. The Hall–Kier alpha value is -2.36. The van der Waals surface area contributed by atoms with E-state index in [0.29, 0.717) is 17.9 Å². The standard InChI is InChI=1S/C32H47O5P/c1-2-3-4-5-6-7-8-9-10-11-12-13-14-15-22-27-32(33)34-28-29-35-38(36-30-23-18-16-19-24-30)37-31-25-20-17-21-26-31/h9-10,16-21,23-26H,2-8,11-15,22,27-29H2,1H3. The Bertz CT molecular complexity index is 802. The minimum atomic E-state index is -1.67. The lowest BCUT2D eigenvalue weighted by Crippen LogP contribution is -2.11. The highest BCUT2D eigenvalue weighted by Gasteiger charge is 2.17. The van der Waals surface area contributed by atoms with Crippen LogP contribution < -0.4 is 9.05 Å². The summed E-state index contributed by atoms with van der Waals surface area (Å²) < 4.78 is 22.8. The van der Waals surface area contributed by atoms with Crippen molar-refractivity contribution in [2.24, 2.45) is 0 Å². The van der Waals surface area contributed by atoms with Crippen molar-refractivity contribution >= 4 is 14.6 Å². The molecule has 2 rings (SSSR count). The van der Waals surface area contributed by atoms with Gasteiger partial charge in [-0.2, -0.15) is 0 Å². The zero-order valence-electron chi connectivity index (χ0n) is 23.2. The normalized spacial score (nSPS) is 11.2. The number of benzene rings is 2. The Labute approximate surface area is 231 Å². The van der Waals surface area contributed by atoms with E-state index >= 15 is 0 Å². The third kappa shape index (κ3) is 17.2. The molecular formula is C32H47O5P. The van der Waals surface area contributed by atoms with Crippen molar-refractivity contribution < 1.29 is 23.1 Å². The summed E-state index contributed by atoms with van der Waals surface area (Å²) >= 11 is 0. The summed E-state index contributed by atoms with van der Waals surface area (Å²) in [4.78, 5) is 12.1. The first kappa shape index (κ1) is 31.9. The van der Waals surface area contributed by atoms with Gasteiger partial charge in [-0.25, -0.2) is 0 Å². The van der Waals surface area contributed by atoms with E-state index < -0.39 is 8.60 Å². The average molecular weight is 543 g/mol. The minimum absolute atomic E-state index is 0.177. The van der Waals surface area contributed by atoms with Crippen molar-refractivity contribution in [2.45, 2.75) is 96.8 Å². The maximum atomic E-state index is 12.1. The van der Waals surface area contributed by atoms with Crippen LogP contribution in [-0.2, 0) is 14.1 Å². The third-order valence-electron chi connectivity index (χ3n) is 6.03. The first-order valence-electron chi connectivity index (χ1n) is 14.5. The van der Waals surface area contributed by atoms with Crippen LogP contribution in [0.4, 0.5) is 0 Å². The van der Waals surface area contributed by atoms with E-state index in [1.807, 2.05) is 60.7 Å². The number of hydrogen-bond donors (Lipinski definition) is 0. The predicted molar refractivity (Wildman–Crippen MR) is 157 cm³/mol. The Kier molecular flexibility index (Phi) is 19.0. The molecule has 0 radical (unpaired) electrons. The van der Waals surface area contributed by atoms with Gasteiger partial charge in [0.1, 0.15) is 18.1 Å². The number of ether oxygens (including phenoxy) is 1. The van der Waals surface area contributed by atoms with E-state index in [-0.39, 0.29) is 19.2 Å². The molecule has 0 fully saturated rings. The summed E-state index contributed by atoms with van der Waals surface area (Å²) in [6, 6.07) is 18.8. The van der Waals surface area contributed by atoms with Gasteiger partial charge in [-0.3, -0.25) is 9.32 Å².